The minimum atomic E-state index is -0.692. The van der Waals surface area contributed by atoms with E-state index in [1.807, 2.05) is 59.4 Å². The van der Waals surface area contributed by atoms with Crippen molar-refractivity contribution < 1.29 is 9.90 Å². The van der Waals surface area contributed by atoms with E-state index in [0.717, 1.165) is 21.5 Å². The third-order valence-corrected chi connectivity index (χ3v) is 4.77. The summed E-state index contributed by atoms with van der Waals surface area (Å²) in [5.41, 5.74) is 0. The van der Waals surface area contributed by atoms with Crippen LogP contribution in [0.4, 0.5) is 4.79 Å². The molecule has 2 heterocycles. The Balaban J connectivity index is 1.44. The van der Waals surface area contributed by atoms with Crippen molar-refractivity contribution in [2.24, 2.45) is 0 Å². The molecule has 5 nitrogen and oxygen atoms in total. The monoisotopic (exact) mass is 329 g/mol. The van der Waals surface area contributed by atoms with Crippen molar-refractivity contribution in [3.05, 3.63) is 59.7 Å². The molecule has 3 rings (SSSR count). The summed E-state index contributed by atoms with van der Waals surface area (Å²) in [6.45, 7) is 1.46. The smallest absolute Gasteiger partial charge is 0.314 e. The summed E-state index contributed by atoms with van der Waals surface area (Å²) in [7, 11) is 0. The number of nitrogens with zero attached hydrogens (tertiary/aromatic N) is 1. The highest BCUT2D eigenvalue weighted by atomic mass is 32.1. The van der Waals surface area contributed by atoms with Gasteiger partial charge in [0.15, 0.2) is 0 Å². The molecule has 0 aliphatic heterocycles. The zero-order valence-electron chi connectivity index (χ0n) is 12.6. The van der Waals surface area contributed by atoms with Gasteiger partial charge in [-0.25, -0.2) is 4.79 Å². The number of thiophene rings is 1. The summed E-state index contributed by atoms with van der Waals surface area (Å²) in [6, 6.07) is 13.6. The van der Waals surface area contributed by atoms with Gasteiger partial charge >= 0.3 is 6.03 Å². The van der Waals surface area contributed by atoms with Crippen molar-refractivity contribution in [3.63, 3.8) is 0 Å². The number of rotatable bonds is 6. The maximum atomic E-state index is 11.7. The SMILES string of the molecule is O=C(NCCn1cccc1)NCC(O)c1cc2ccccc2s1. The van der Waals surface area contributed by atoms with Crippen LogP contribution < -0.4 is 10.6 Å². The zero-order valence-corrected chi connectivity index (χ0v) is 13.4. The predicted octanol–water partition coefficient (Wildman–Crippen LogP) is 2.74. The summed E-state index contributed by atoms with van der Waals surface area (Å²) in [5.74, 6) is 0. The van der Waals surface area contributed by atoms with Crippen molar-refractivity contribution in [1.82, 2.24) is 15.2 Å². The fraction of sp³-hybridized carbons (Fsp3) is 0.235. The molecule has 3 aromatic rings. The topological polar surface area (TPSA) is 66.3 Å². The Kier molecular flexibility index (Phi) is 4.95. The highest BCUT2D eigenvalue weighted by molar-refractivity contribution is 7.19. The molecule has 6 heteroatoms. The number of carbonyl (C=O) groups is 1. The number of aromatic nitrogens is 1. The summed E-state index contributed by atoms with van der Waals surface area (Å²) in [4.78, 5) is 12.6. The quantitative estimate of drug-likeness (QED) is 0.651. The number of nitrogens with one attached hydrogen (secondary N) is 2. The number of carbonyl (C=O) groups excluding carboxylic acids is 1. The van der Waals surface area contributed by atoms with Gasteiger partial charge in [-0.3, -0.25) is 0 Å². The van der Waals surface area contributed by atoms with Crippen LogP contribution in [0.3, 0.4) is 0 Å². The second-order valence-corrected chi connectivity index (χ2v) is 6.38. The predicted molar refractivity (Wildman–Crippen MR) is 92.6 cm³/mol. The van der Waals surface area contributed by atoms with Crippen LogP contribution in [0.25, 0.3) is 10.1 Å². The lowest BCUT2D eigenvalue weighted by Crippen LogP contribution is -2.39. The number of urea groups is 1. The van der Waals surface area contributed by atoms with Gasteiger partial charge in [0, 0.05) is 35.1 Å². The number of benzene rings is 1. The fourth-order valence-electron chi connectivity index (χ4n) is 2.34. The van der Waals surface area contributed by atoms with Gasteiger partial charge in [-0.1, -0.05) is 18.2 Å². The van der Waals surface area contributed by atoms with Gasteiger partial charge in [-0.2, -0.15) is 0 Å². The molecule has 2 aromatic heterocycles. The number of aliphatic hydroxyl groups excluding tert-OH is 1. The number of hydrogen-bond donors (Lipinski definition) is 3. The van der Waals surface area contributed by atoms with E-state index in [-0.39, 0.29) is 12.6 Å². The van der Waals surface area contributed by atoms with Crippen LogP contribution in [-0.2, 0) is 6.54 Å². The summed E-state index contributed by atoms with van der Waals surface area (Å²) in [6.07, 6.45) is 3.21. The van der Waals surface area contributed by atoms with Crippen LogP contribution in [0, 0.1) is 0 Å². The summed E-state index contributed by atoms with van der Waals surface area (Å²) in [5, 5.41) is 16.8. The maximum absolute atomic E-state index is 11.7. The molecule has 1 atom stereocenters. The molecule has 0 fully saturated rings. The van der Waals surface area contributed by atoms with E-state index < -0.39 is 6.10 Å². The Morgan fingerprint density at radius 3 is 2.74 bits per heavy atom. The molecule has 0 saturated heterocycles. The van der Waals surface area contributed by atoms with Crippen molar-refractivity contribution in [1.29, 1.82) is 0 Å². The third kappa shape index (κ3) is 4.12. The second-order valence-electron chi connectivity index (χ2n) is 5.26. The van der Waals surface area contributed by atoms with Gasteiger partial charge in [0.1, 0.15) is 6.10 Å². The van der Waals surface area contributed by atoms with E-state index in [9.17, 15) is 9.90 Å². The van der Waals surface area contributed by atoms with E-state index in [4.69, 9.17) is 0 Å². The summed E-state index contributed by atoms with van der Waals surface area (Å²) >= 11 is 1.55. The highest BCUT2D eigenvalue weighted by Crippen LogP contribution is 2.29. The highest BCUT2D eigenvalue weighted by Gasteiger charge is 2.12. The van der Waals surface area contributed by atoms with Gasteiger partial charge in [-0.05, 0) is 29.7 Å². The first-order chi connectivity index (χ1) is 11.2. The number of amides is 2. The van der Waals surface area contributed by atoms with Gasteiger partial charge in [0.2, 0.25) is 0 Å². The van der Waals surface area contributed by atoms with E-state index in [1.54, 1.807) is 11.3 Å². The van der Waals surface area contributed by atoms with E-state index in [1.165, 1.54) is 0 Å². The van der Waals surface area contributed by atoms with Gasteiger partial charge in [-0.15, -0.1) is 11.3 Å². The van der Waals surface area contributed by atoms with Crippen LogP contribution in [0.5, 0.6) is 0 Å². The first-order valence-electron chi connectivity index (χ1n) is 7.51. The number of aliphatic hydroxyl groups is 1. The maximum Gasteiger partial charge on any atom is 0.314 e. The van der Waals surface area contributed by atoms with Gasteiger partial charge in [0.05, 0.1) is 6.54 Å². The lowest BCUT2D eigenvalue weighted by Gasteiger charge is -2.11. The Hall–Kier alpha value is -2.31. The normalized spacial score (nSPS) is 12.2. The molecular weight excluding hydrogens is 310 g/mol. The van der Waals surface area contributed by atoms with Crippen molar-refractivity contribution in [2.45, 2.75) is 12.6 Å². The Bertz CT molecular complexity index is 734. The average Bonchev–Trinajstić information content (AvgIpc) is 3.21. The molecule has 0 bridgehead atoms. The lowest BCUT2D eigenvalue weighted by atomic mass is 10.2. The molecular formula is C17H19N3O2S. The molecule has 23 heavy (non-hydrogen) atoms. The Morgan fingerprint density at radius 1 is 1.17 bits per heavy atom. The first kappa shape index (κ1) is 15.6. The Morgan fingerprint density at radius 2 is 1.96 bits per heavy atom. The molecule has 0 aliphatic rings. The number of hydrogen-bond acceptors (Lipinski definition) is 3. The lowest BCUT2D eigenvalue weighted by molar-refractivity contribution is 0.176. The van der Waals surface area contributed by atoms with Crippen LogP contribution >= 0.6 is 11.3 Å². The van der Waals surface area contributed by atoms with Crippen LogP contribution in [-0.4, -0.2) is 28.8 Å². The van der Waals surface area contributed by atoms with Gasteiger partial charge < -0.3 is 20.3 Å². The van der Waals surface area contributed by atoms with Crippen molar-refractivity contribution in [2.75, 3.05) is 13.1 Å². The molecule has 1 unspecified atom stereocenters. The van der Waals surface area contributed by atoms with Crippen LogP contribution in [0.15, 0.2) is 54.9 Å². The van der Waals surface area contributed by atoms with Gasteiger partial charge in [0.25, 0.3) is 0 Å². The largest absolute Gasteiger partial charge is 0.386 e. The molecule has 0 radical (unpaired) electrons. The molecule has 120 valence electrons. The Labute approximate surface area is 138 Å². The van der Waals surface area contributed by atoms with E-state index in [0.29, 0.717) is 6.54 Å². The van der Waals surface area contributed by atoms with E-state index in [2.05, 4.69) is 10.6 Å². The number of fused-ring (bicyclic) bond motifs is 1. The fourth-order valence-corrected chi connectivity index (χ4v) is 3.39. The molecule has 1 aromatic carbocycles. The summed E-state index contributed by atoms with van der Waals surface area (Å²) < 4.78 is 3.13. The average molecular weight is 329 g/mol. The molecule has 2 amide bonds. The van der Waals surface area contributed by atoms with E-state index >= 15 is 0 Å². The van der Waals surface area contributed by atoms with Crippen molar-refractivity contribution in [3.8, 4) is 0 Å². The standard InChI is InChI=1S/C17H19N3O2S/c21-14(16-11-13-5-1-2-6-15(13)23-16)12-19-17(22)18-7-10-20-8-3-4-9-20/h1-6,8-9,11,14,21H,7,10,12H2,(H2,18,19,22). The molecule has 0 saturated carbocycles. The minimum Gasteiger partial charge on any atom is -0.386 e. The molecule has 3 N–H and O–H groups in total. The van der Waals surface area contributed by atoms with Crippen LogP contribution in [0.1, 0.15) is 11.0 Å². The zero-order chi connectivity index (χ0) is 16.1. The third-order valence-electron chi connectivity index (χ3n) is 3.55. The first-order valence-corrected chi connectivity index (χ1v) is 8.33. The molecule has 0 spiro atoms. The van der Waals surface area contributed by atoms with Crippen molar-refractivity contribution >= 4 is 27.5 Å². The molecule has 0 aliphatic carbocycles. The minimum absolute atomic E-state index is 0.197. The second kappa shape index (κ2) is 7.30. The van der Waals surface area contributed by atoms with Crippen LogP contribution in [0.2, 0.25) is 0 Å².